The molecule has 1 aromatic heterocycles. The van der Waals surface area contributed by atoms with Crippen molar-refractivity contribution in [3.8, 4) is 12.3 Å². The fourth-order valence-electron chi connectivity index (χ4n) is 1.46. The number of hydrogen-bond donors (Lipinski definition) is 1. The fraction of sp³-hybridized carbons (Fsp3) is 0.500. The van der Waals surface area contributed by atoms with Crippen molar-refractivity contribution in [2.75, 3.05) is 13.1 Å². The van der Waals surface area contributed by atoms with Crippen molar-refractivity contribution in [2.45, 2.75) is 17.9 Å². The summed E-state index contributed by atoms with van der Waals surface area (Å²) in [5, 5.41) is 0.100. The molecule has 0 aliphatic heterocycles. The summed E-state index contributed by atoms with van der Waals surface area (Å²) in [6, 6.07) is 0. The third kappa shape index (κ3) is 2.26. The third-order valence-corrected chi connectivity index (χ3v) is 4.25. The summed E-state index contributed by atoms with van der Waals surface area (Å²) in [6.07, 6.45) is 10.0. The standard InChI is InChI=1S/C10H13N3O2S/c1-2-5-13(7-9-3-4-9)16(14,15)10-6-11-8-12-10/h1,6,8-9H,3-5,7H2,(H,11,12). The summed E-state index contributed by atoms with van der Waals surface area (Å²) in [5.74, 6) is 2.85. The van der Waals surface area contributed by atoms with Gasteiger partial charge in [-0.3, -0.25) is 0 Å². The van der Waals surface area contributed by atoms with Gasteiger partial charge in [0.2, 0.25) is 0 Å². The molecule has 0 bridgehead atoms. The smallest absolute Gasteiger partial charge is 0.260 e. The van der Waals surface area contributed by atoms with Crippen LogP contribution >= 0.6 is 0 Å². The van der Waals surface area contributed by atoms with Gasteiger partial charge in [-0.1, -0.05) is 5.92 Å². The lowest BCUT2D eigenvalue weighted by Gasteiger charge is -2.18. The molecule has 16 heavy (non-hydrogen) atoms. The fourth-order valence-corrected chi connectivity index (χ4v) is 2.79. The monoisotopic (exact) mass is 239 g/mol. The summed E-state index contributed by atoms with van der Waals surface area (Å²) in [6.45, 7) is 0.614. The van der Waals surface area contributed by atoms with Gasteiger partial charge in [0.05, 0.1) is 19.1 Å². The summed E-state index contributed by atoms with van der Waals surface area (Å²) < 4.78 is 25.5. The van der Waals surface area contributed by atoms with Gasteiger partial charge in [0.15, 0.2) is 5.03 Å². The highest BCUT2D eigenvalue weighted by molar-refractivity contribution is 7.89. The van der Waals surface area contributed by atoms with Crippen LogP contribution in [0.25, 0.3) is 0 Å². The number of aromatic nitrogens is 2. The van der Waals surface area contributed by atoms with Gasteiger partial charge in [-0.05, 0) is 18.8 Å². The van der Waals surface area contributed by atoms with E-state index in [1.54, 1.807) is 0 Å². The van der Waals surface area contributed by atoms with E-state index in [2.05, 4.69) is 15.9 Å². The van der Waals surface area contributed by atoms with Crippen LogP contribution in [0.3, 0.4) is 0 Å². The number of rotatable bonds is 5. The van der Waals surface area contributed by atoms with Gasteiger partial charge in [0.1, 0.15) is 0 Å². The number of aromatic amines is 1. The predicted octanol–water partition coefficient (Wildman–Crippen LogP) is 0.444. The lowest BCUT2D eigenvalue weighted by atomic mass is 10.4. The van der Waals surface area contributed by atoms with Gasteiger partial charge in [0.25, 0.3) is 10.0 Å². The molecule has 1 aliphatic rings. The average Bonchev–Trinajstić information content (AvgIpc) is 2.89. The quantitative estimate of drug-likeness (QED) is 0.758. The molecular weight excluding hydrogens is 226 g/mol. The largest absolute Gasteiger partial charge is 0.335 e. The van der Waals surface area contributed by atoms with Crippen LogP contribution < -0.4 is 0 Å². The molecule has 0 saturated heterocycles. The van der Waals surface area contributed by atoms with Gasteiger partial charge in [-0.25, -0.2) is 13.4 Å². The molecule has 0 radical (unpaired) electrons. The maximum atomic E-state index is 12.1. The Morgan fingerprint density at radius 1 is 1.62 bits per heavy atom. The molecular formula is C10H13N3O2S. The second kappa shape index (κ2) is 4.28. The zero-order valence-corrected chi connectivity index (χ0v) is 9.57. The van der Waals surface area contributed by atoms with E-state index in [4.69, 9.17) is 6.42 Å². The Morgan fingerprint density at radius 2 is 2.38 bits per heavy atom. The minimum atomic E-state index is -3.50. The van der Waals surface area contributed by atoms with Gasteiger partial charge in [-0.15, -0.1) is 6.42 Å². The molecule has 1 fully saturated rings. The first kappa shape index (κ1) is 11.2. The van der Waals surface area contributed by atoms with Crippen LogP contribution in [-0.2, 0) is 10.0 Å². The van der Waals surface area contributed by atoms with Crippen molar-refractivity contribution < 1.29 is 8.42 Å². The number of nitrogens with zero attached hydrogens (tertiary/aromatic N) is 2. The Labute approximate surface area is 94.9 Å². The highest BCUT2D eigenvalue weighted by atomic mass is 32.2. The van der Waals surface area contributed by atoms with E-state index in [9.17, 15) is 8.42 Å². The molecule has 0 spiro atoms. The lowest BCUT2D eigenvalue weighted by molar-refractivity contribution is 0.428. The number of sulfonamides is 1. The normalized spacial score (nSPS) is 16.2. The molecule has 5 nitrogen and oxygen atoms in total. The van der Waals surface area contributed by atoms with Crippen molar-refractivity contribution in [3.63, 3.8) is 0 Å². The van der Waals surface area contributed by atoms with E-state index in [-0.39, 0.29) is 11.6 Å². The average molecular weight is 239 g/mol. The molecule has 1 aliphatic carbocycles. The van der Waals surface area contributed by atoms with E-state index in [1.807, 2.05) is 0 Å². The van der Waals surface area contributed by atoms with Crippen molar-refractivity contribution in [3.05, 3.63) is 12.5 Å². The van der Waals surface area contributed by atoms with Gasteiger partial charge < -0.3 is 4.98 Å². The van der Waals surface area contributed by atoms with Crippen LogP contribution in [0.15, 0.2) is 17.6 Å². The van der Waals surface area contributed by atoms with Crippen LogP contribution in [0.5, 0.6) is 0 Å². The van der Waals surface area contributed by atoms with Crippen LogP contribution in [0.2, 0.25) is 0 Å². The van der Waals surface area contributed by atoms with E-state index >= 15 is 0 Å². The van der Waals surface area contributed by atoms with Crippen LogP contribution in [0, 0.1) is 18.3 Å². The van der Waals surface area contributed by atoms with Crippen molar-refractivity contribution in [1.82, 2.24) is 14.3 Å². The van der Waals surface area contributed by atoms with Crippen molar-refractivity contribution >= 4 is 10.0 Å². The first-order chi connectivity index (χ1) is 7.64. The summed E-state index contributed by atoms with van der Waals surface area (Å²) in [5.41, 5.74) is 0. The number of terminal acetylenes is 1. The molecule has 2 rings (SSSR count). The van der Waals surface area contributed by atoms with E-state index in [0.29, 0.717) is 12.5 Å². The second-order valence-corrected chi connectivity index (χ2v) is 5.77. The highest BCUT2D eigenvalue weighted by Gasteiger charge is 2.31. The van der Waals surface area contributed by atoms with Crippen LogP contribution in [0.4, 0.5) is 0 Å². The van der Waals surface area contributed by atoms with E-state index in [1.165, 1.54) is 16.8 Å². The van der Waals surface area contributed by atoms with Gasteiger partial charge in [-0.2, -0.15) is 4.31 Å². The number of imidazole rings is 1. The molecule has 1 N–H and O–H groups in total. The van der Waals surface area contributed by atoms with Crippen molar-refractivity contribution in [1.29, 1.82) is 0 Å². The van der Waals surface area contributed by atoms with Crippen LogP contribution in [0.1, 0.15) is 12.8 Å². The Bertz CT molecular complexity index is 483. The molecule has 1 heterocycles. The number of H-pyrrole nitrogens is 1. The third-order valence-electron chi connectivity index (χ3n) is 2.52. The van der Waals surface area contributed by atoms with Crippen LogP contribution in [-0.4, -0.2) is 35.8 Å². The molecule has 0 atom stereocenters. The predicted molar refractivity (Wildman–Crippen MR) is 58.9 cm³/mol. The van der Waals surface area contributed by atoms with Gasteiger partial charge in [0, 0.05) is 6.54 Å². The Morgan fingerprint density at radius 3 is 2.88 bits per heavy atom. The molecule has 0 amide bonds. The number of nitrogens with one attached hydrogen (secondary N) is 1. The maximum absolute atomic E-state index is 12.1. The minimum absolute atomic E-state index is 0.100. The molecule has 1 aromatic rings. The first-order valence-corrected chi connectivity index (χ1v) is 6.50. The first-order valence-electron chi connectivity index (χ1n) is 5.06. The van der Waals surface area contributed by atoms with Crippen molar-refractivity contribution in [2.24, 2.45) is 5.92 Å². The Balaban J connectivity index is 2.21. The molecule has 0 aromatic carbocycles. The molecule has 6 heteroatoms. The molecule has 0 unspecified atom stereocenters. The highest BCUT2D eigenvalue weighted by Crippen LogP contribution is 2.31. The lowest BCUT2D eigenvalue weighted by Crippen LogP contribution is -2.33. The molecule has 86 valence electrons. The zero-order chi connectivity index (χ0) is 11.6. The van der Waals surface area contributed by atoms with E-state index < -0.39 is 10.0 Å². The summed E-state index contributed by atoms with van der Waals surface area (Å²) in [7, 11) is -3.50. The summed E-state index contributed by atoms with van der Waals surface area (Å²) >= 11 is 0. The zero-order valence-electron chi connectivity index (χ0n) is 8.76. The van der Waals surface area contributed by atoms with E-state index in [0.717, 1.165) is 12.8 Å². The topological polar surface area (TPSA) is 66.1 Å². The maximum Gasteiger partial charge on any atom is 0.260 e. The number of hydrogen-bond acceptors (Lipinski definition) is 3. The Hall–Kier alpha value is -1.32. The Kier molecular flexibility index (Phi) is 2.99. The molecule has 1 saturated carbocycles. The SMILES string of the molecule is C#CCN(CC1CC1)S(=O)(=O)c1cnc[nH]1. The second-order valence-electron chi connectivity index (χ2n) is 3.86. The van der Waals surface area contributed by atoms with Gasteiger partial charge >= 0.3 is 0 Å². The summed E-state index contributed by atoms with van der Waals surface area (Å²) in [4.78, 5) is 6.31. The minimum Gasteiger partial charge on any atom is -0.335 e.